The van der Waals surface area contributed by atoms with Gasteiger partial charge in [0.25, 0.3) is 0 Å². The fraction of sp³-hybridized carbons (Fsp3) is 0.448. The van der Waals surface area contributed by atoms with E-state index in [4.69, 9.17) is 4.74 Å². The normalized spacial score (nSPS) is 10.9. The van der Waals surface area contributed by atoms with E-state index in [1.807, 2.05) is 6.07 Å². The summed E-state index contributed by atoms with van der Waals surface area (Å²) in [5.41, 5.74) is 4.76. The number of hydrogen-bond donors (Lipinski definition) is 0. The Labute approximate surface area is 194 Å². The smallest absolute Gasteiger partial charge is 0.159 e. The highest BCUT2D eigenvalue weighted by atomic mass is 16.5. The Morgan fingerprint density at radius 1 is 0.688 bits per heavy atom. The van der Waals surface area contributed by atoms with E-state index in [9.17, 15) is 0 Å². The Kier molecular flexibility index (Phi) is 10.2. The predicted octanol–water partition coefficient (Wildman–Crippen LogP) is 8.28. The molecule has 0 N–H and O–H groups in total. The molecule has 1 aromatic heterocycles. The van der Waals surface area contributed by atoms with E-state index < -0.39 is 0 Å². The first-order valence-electron chi connectivity index (χ1n) is 12.5. The third kappa shape index (κ3) is 7.47. The maximum absolute atomic E-state index is 6.00. The summed E-state index contributed by atoms with van der Waals surface area (Å²) in [5.74, 6) is 1.62. The van der Waals surface area contributed by atoms with Gasteiger partial charge in [-0.15, -0.1) is 0 Å². The first-order chi connectivity index (χ1) is 15.8. The Morgan fingerprint density at radius 3 is 2.12 bits per heavy atom. The lowest BCUT2D eigenvalue weighted by atomic mass is 9.96. The van der Waals surface area contributed by atoms with Crippen molar-refractivity contribution < 1.29 is 4.74 Å². The molecule has 0 amide bonds. The summed E-state index contributed by atoms with van der Waals surface area (Å²) in [5, 5.41) is 0. The van der Waals surface area contributed by atoms with Gasteiger partial charge in [0, 0.05) is 18.0 Å². The van der Waals surface area contributed by atoms with Crippen molar-refractivity contribution in [2.24, 2.45) is 0 Å². The van der Waals surface area contributed by atoms with Crippen LogP contribution in [0, 0.1) is 0 Å². The Bertz CT molecular complexity index is 906. The van der Waals surface area contributed by atoms with Crippen molar-refractivity contribution in [1.29, 1.82) is 0 Å². The first-order valence-corrected chi connectivity index (χ1v) is 12.5. The summed E-state index contributed by atoms with van der Waals surface area (Å²) in [6, 6.07) is 17.2. The van der Waals surface area contributed by atoms with E-state index in [0.29, 0.717) is 0 Å². The average Bonchev–Trinajstić information content (AvgIpc) is 2.85. The second-order valence-electron chi connectivity index (χ2n) is 8.55. The Morgan fingerprint density at radius 2 is 1.38 bits per heavy atom. The number of nitrogens with zero attached hydrogens (tertiary/aromatic N) is 2. The van der Waals surface area contributed by atoms with Crippen LogP contribution in [0.5, 0.6) is 5.75 Å². The number of aryl methyl sites for hydroxylation is 1. The molecule has 0 unspecified atom stereocenters. The van der Waals surface area contributed by atoms with E-state index in [2.05, 4.69) is 66.3 Å². The fourth-order valence-corrected chi connectivity index (χ4v) is 3.99. The van der Waals surface area contributed by atoms with Crippen molar-refractivity contribution in [3.05, 3.63) is 66.5 Å². The molecule has 32 heavy (non-hydrogen) atoms. The number of aromatic nitrogens is 2. The van der Waals surface area contributed by atoms with Crippen molar-refractivity contribution in [2.45, 2.75) is 78.1 Å². The van der Waals surface area contributed by atoms with E-state index in [1.165, 1.54) is 62.5 Å². The van der Waals surface area contributed by atoms with Crippen molar-refractivity contribution in [2.75, 3.05) is 6.61 Å². The molecule has 0 saturated carbocycles. The second kappa shape index (κ2) is 13.7. The molecule has 3 nitrogen and oxygen atoms in total. The zero-order chi connectivity index (χ0) is 22.4. The molecule has 3 aromatic rings. The molecular formula is C29H38N2O. The van der Waals surface area contributed by atoms with E-state index in [1.54, 1.807) is 12.4 Å². The van der Waals surface area contributed by atoms with Gasteiger partial charge in [-0.25, -0.2) is 9.97 Å². The van der Waals surface area contributed by atoms with Crippen LogP contribution in [-0.2, 0) is 6.42 Å². The Balaban J connectivity index is 1.71. The zero-order valence-corrected chi connectivity index (χ0v) is 19.9. The topological polar surface area (TPSA) is 35.0 Å². The minimum atomic E-state index is 0.734. The molecular weight excluding hydrogens is 392 g/mol. The minimum Gasteiger partial charge on any atom is -0.494 e. The molecule has 0 aliphatic rings. The molecule has 3 heteroatoms. The van der Waals surface area contributed by atoms with Crippen LogP contribution < -0.4 is 4.74 Å². The lowest BCUT2D eigenvalue weighted by Gasteiger charge is -2.13. The maximum atomic E-state index is 6.00. The highest BCUT2D eigenvalue weighted by molar-refractivity contribution is 5.81. The Hall–Kier alpha value is -2.68. The molecule has 0 atom stereocenters. The molecule has 0 bridgehead atoms. The van der Waals surface area contributed by atoms with Gasteiger partial charge in [-0.3, -0.25) is 0 Å². The van der Waals surface area contributed by atoms with Crippen LogP contribution >= 0.6 is 0 Å². The summed E-state index contributed by atoms with van der Waals surface area (Å²) in [6.07, 6.45) is 16.2. The maximum Gasteiger partial charge on any atom is 0.159 e. The number of rotatable bonds is 14. The number of unbranched alkanes of at least 4 members (excludes halogenated alkanes) is 7. The molecule has 1 heterocycles. The van der Waals surface area contributed by atoms with E-state index in [0.717, 1.165) is 42.1 Å². The second-order valence-corrected chi connectivity index (χ2v) is 8.55. The standard InChI is InChI=1S/C29H38N2O/c1-3-5-7-8-9-10-13-24-14-16-25(17-15-24)27-19-18-26(32-22-11-6-4-2)23-28(27)29-30-20-12-21-31-29/h12,14-21,23H,3-11,13,22H2,1-2H3. The molecule has 0 fully saturated rings. The summed E-state index contributed by atoms with van der Waals surface area (Å²) >= 11 is 0. The summed E-state index contributed by atoms with van der Waals surface area (Å²) < 4.78 is 6.00. The van der Waals surface area contributed by atoms with Gasteiger partial charge in [-0.2, -0.15) is 0 Å². The molecule has 0 aliphatic heterocycles. The fourth-order valence-electron chi connectivity index (χ4n) is 3.99. The van der Waals surface area contributed by atoms with E-state index >= 15 is 0 Å². The van der Waals surface area contributed by atoms with Crippen LogP contribution in [0.2, 0.25) is 0 Å². The quantitative estimate of drug-likeness (QED) is 0.241. The zero-order valence-electron chi connectivity index (χ0n) is 19.9. The van der Waals surface area contributed by atoms with Gasteiger partial charge in [-0.05, 0) is 60.2 Å². The monoisotopic (exact) mass is 430 g/mol. The largest absolute Gasteiger partial charge is 0.494 e. The summed E-state index contributed by atoms with van der Waals surface area (Å²) in [7, 11) is 0. The number of benzene rings is 2. The lowest BCUT2D eigenvalue weighted by Crippen LogP contribution is -1.98. The van der Waals surface area contributed by atoms with Gasteiger partial charge in [0.1, 0.15) is 5.75 Å². The molecule has 170 valence electrons. The molecule has 0 saturated heterocycles. The molecule has 0 radical (unpaired) electrons. The lowest BCUT2D eigenvalue weighted by molar-refractivity contribution is 0.306. The summed E-state index contributed by atoms with van der Waals surface area (Å²) in [6.45, 7) is 5.22. The molecule has 2 aromatic carbocycles. The van der Waals surface area contributed by atoms with Crippen molar-refractivity contribution in [1.82, 2.24) is 9.97 Å². The molecule has 0 aliphatic carbocycles. The number of ether oxygens (including phenoxy) is 1. The molecule has 3 rings (SSSR count). The SMILES string of the molecule is CCCCCCCCc1ccc(-c2ccc(OCCCCC)cc2-c2ncccn2)cc1. The van der Waals surface area contributed by atoms with Crippen LogP contribution in [0.15, 0.2) is 60.9 Å². The number of hydrogen-bond acceptors (Lipinski definition) is 3. The van der Waals surface area contributed by atoms with E-state index in [-0.39, 0.29) is 0 Å². The van der Waals surface area contributed by atoms with Crippen LogP contribution in [0.1, 0.15) is 77.2 Å². The molecule has 0 spiro atoms. The van der Waals surface area contributed by atoms with Gasteiger partial charge in [-0.1, -0.05) is 83.1 Å². The third-order valence-corrected chi connectivity index (χ3v) is 5.90. The van der Waals surface area contributed by atoms with Crippen molar-refractivity contribution in [3.63, 3.8) is 0 Å². The van der Waals surface area contributed by atoms with Crippen LogP contribution in [0.3, 0.4) is 0 Å². The third-order valence-electron chi connectivity index (χ3n) is 5.90. The van der Waals surface area contributed by atoms with Gasteiger partial charge >= 0.3 is 0 Å². The van der Waals surface area contributed by atoms with Gasteiger partial charge in [0.15, 0.2) is 5.82 Å². The summed E-state index contributed by atoms with van der Waals surface area (Å²) in [4.78, 5) is 9.02. The van der Waals surface area contributed by atoms with Crippen molar-refractivity contribution in [3.8, 4) is 28.3 Å². The van der Waals surface area contributed by atoms with Crippen LogP contribution in [0.25, 0.3) is 22.5 Å². The first kappa shape index (κ1) is 24.0. The van der Waals surface area contributed by atoms with Crippen molar-refractivity contribution >= 4 is 0 Å². The highest BCUT2D eigenvalue weighted by Crippen LogP contribution is 2.33. The van der Waals surface area contributed by atoms with Crippen LogP contribution in [-0.4, -0.2) is 16.6 Å². The van der Waals surface area contributed by atoms with Gasteiger partial charge < -0.3 is 4.74 Å². The average molecular weight is 431 g/mol. The van der Waals surface area contributed by atoms with Crippen LogP contribution in [0.4, 0.5) is 0 Å². The minimum absolute atomic E-state index is 0.734. The highest BCUT2D eigenvalue weighted by Gasteiger charge is 2.12. The van der Waals surface area contributed by atoms with Gasteiger partial charge in [0.05, 0.1) is 6.61 Å². The van der Waals surface area contributed by atoms with Gasteiger partial charge in [0.2, 0.25) is 0 Å². The predicted molar refractivity (Wildman–Crippen MR) is 135 cm³/mol.